The molecular weight excluding hydrogens is 230 g/mol. The predicted molar refractivity (Wildman–Crippen MR) is 70.7 cm³/mol. The summed E-state index contributed by atoms with van der Waals surface area (Å²) in [7, 11) is 0. The van der Waals surface area contributed by atoms with E-state index >= 15 is 0 Å². The van der Waals surface area contributed by atoms with Crippen molar-refractivity contribution in [2.24, 2.45) is 0 Å². The second kappa shape index (κ2) is 4.91. The normalized spacial score (nSPS) is 10.3. The number of anilines is 1. The van der Waals surface area contributed by atoms with Crippen molar-refractivity contribution < 1.29 is 4.92 Å². The molecule has 94 valence electrons. The molecule has 1 aromatic carbocycles. The van der Waals surface area contributed by atoms with Crippen LogP contribution in [0, 0.1) is 24.0 Å². The number of hydrogen-bond acceptors (Lipinski definition) is 3. The smallest absolute Gasteiger partial charge is 0.274 e. The molecule has 0 unspecified atom stereocenters. The number of aromatic amines is 1. The van der Waals surface area contributed by atoms with Crippen molar-refractivity contribution in [3.63, 3.8) is 0 Å². The van der Waals surface area contributed by atoms with E-state index in [2.05, 4.69) is 10.3 Å². The molecule has 0 atom stereocenters. The molecule has 5 nitrogen and oxygen atoms in total. The summed E-state index contributed by atoms with van der Waals surface area (Å²) in [5.41, 5.74) is 3.67. The molecule has 0 saturated carbocycles. The molecule has 1 heterocycles. The maximum absolute atomic E-state index is 10.9. The highest BCUT2D eigenvalue weighted by molar-refractivity contribution is 5.60. The Hall–Kier alpha value is -2.30. The number of rotatable bonds is 4. The van der Waals surface area contributed by atoms with Gasteiger partial charge in [-0.1, -0.05) is 0 Å². The Morgan fingerprint density at radius 2 is 2.11 bits per heavy atom. The number of H-pyrrole nitrogens is 1. The lowest BCUT2D eigenvalue weighted by atomic mass is 10.1. The van der Waals surface area contributed by atoms with Gasteiger partial charge >= 0.3 is 0 Å². The second-order valence-electron chi connectivity index (χ2n) is 4.26. The molecule has 0 spiro atoms. The molecule has 2 N–H and O–H groups in total. The highest BCUT2D eigenvalue weighted by Crippen LogP contribution is 2.26. The highest BCUT2D eigenvalue weighted by Gasteiger charge is 2.13. The van der Waals surface area contributed by atoms with Gasteiger partial charge in [-0.05, 0) is 37.6 Å². The Kier molecular flexibility index (Phi) is 3.32. The average Bonchev–Trinajstić information content (AvgIpc) is 2.80. The molecular formula is C13H15N3O2. The van der Waals surface area contributed by atoms with E-state index in [1.807, 2.05) is 31.3 Å². The summed E-state index contributed by atoms with van der Waals surface area (Å²) in [4.78, 5) is 13.6. The van der Waals surface area contributed by atoms with Crippen LogP contribution in [0.5, 0.6) is 0 Å². The first-order valence-electron chi connectivity index (χ1n) is 5.69. The fourth-order valence-corrected chi connectivity index (χ4v) is 1.90. The van der Waals surface area contributed by atoms with Gasteiger partial charge in [0.15, 0.2) is 0 Å². The molecule has 0 aliphatic heterocycles. The maximum Gasteiger partial charge on any atom is 0.274 e. The van der Waals surface area contributed by atoms with E-state index in [4.69, 9.17) is 0 Å². The largest absolute Gasteiger partial charge is 0.379 e. The van der Waals surface area contributed by atoms with Gasteiger partial charge < -0.3 is 10.3 Å². The fourth-order valence-electron chi connectivity index (χ4n) is 1.90. The van der Waals surface area contributed by atoms with Crippen molar-refractivity contribution in [3.8, 4) is 0 Å². The van der Waals surface area contributed by atoms with Gasteiger partial charge in [0, 0.05) is 29.2 Å². The standard InChI is InChI=1S/C13H15N3O2/c1-9-6-10(2)13(16(17)18)7-12(9)15-8-11-4-3-5-14-11/h3-7,14-15H,8H2,1-2H3. The number of nitro groups is 1. The third-order valence-corrected chi connectivity index (χ3v) is 2.87. The first-order valence-corrected chi connectivity index (χ1v) is 5.69. The third-order valence-electron chi connectivity index (χ3n) is 2.87. The minimum atomic E-state index is -0.353. The third kappa shape index (κ3) is 2.51. The summed E-state index contributed by atoms with van der Waals surface area (Å²) in [6.07, 6.45) is 1.85. The van der Waals surface area contributed by atoms with Gasteiger partial charge in [-0.3, -0.25) is 10.1 Å². The van der Waals surface area contributed by atoms with Gasteiger partial charge in [0.2, 0.25) is 0 Å². The molecule has 2 rings (SSSR count). The number of aromatic nitrogens is 1. The zero-order chi connectivity index (χ0) is 13.1. The zero-order valence-electron chi connectivity index (χ0n) is 10.4. The Morgan fingerprint density at radius 1 is 1.33 bits per heavy atom. The van der Waals surface area contributed by atoms with E-state index in [0.29, 0.717) is 12.1 Å². The Bertz CT molecular complexity index is 562. The number of nitro benzene ring substituents is 1. The van der Waals surface area contributed by atoms with Crippen molar-refractivity contribution in [2.75, 3.05) is 5.32 Å². The maximum atomic E-state index is 10.9. The molecule has 0 amide bonds. The summed E-state index contributed by atoms with van der Waals surface area (Å²) >= 11 is 0. The first kappa shape index (κ1) is 12.2. The Morgan fingerprint density at radius 3 is 2.72 bits per heavy atom. The Balaban J connectivity index is 2.22. The Labute approximate surface area is 105 Å². The monoisotopic (exact) mass is 245 g/mol. The summed E-state index contributed by atoms with van der Waals surface area (Å²) in [5, 5.41) is 14.1. The van der Waals surface area contributed by atoms with Gasteiger partial charge in [0.25, 0.3) is 5.69 Å². The van der Waals surface area contributed by atoms with Crippen molar-refractivity contribution in [1.29, 1.82) is 0 Å². The van der Waals surface area contributed by atoms with E-state index in [1.165, 1.54) is 0 Å². The molecule has 0 aliphatic rings. The van der Waals surface area contributed by atoms with Crippen molar-refractivity contribution in [1.82, 2.24) is 4.98 Å². The SMILES string of the molecule is Cc1cc(C)c([N+](=O)[O-])cc1NCc1ccc[nH]1. The molecule has 0 saturated heterocycles. The van der Waals surface area contributed by atoms with E-state index in [0.717, 1.165) is 16.9 Å². The molecule has 0 aliphatic carbocycles. The summed E-state index contributed by atoms with van der Waals surface area (Å²) < 4.78 is 0. The predicted octanol–water partition coefficient (Wildman–Crippen LogP) is 3.15. The van der Waals surface area contributed by atoms with Crippen LogP contribution in [0.4, 0.5) is 11.4 Å². The second-order valence-corrected chi connectivity index (χ2v) is 4.26. The van der Waals surface area contributed by atoms with Crippen LogP contribution in [0.25, 0.3) is 0 Å². The van der Waals surface area contributed by atoms with Crippen LogP contribution in [-0.2, 0) is 6.54 Å². The lowest BCUT2D eigenvalue weighted by Gasteiger charge is -2.10. The van der Waals surface area contributed by atoms with Crippen molar-refractivity contribution in [3.05, 3.63) is 57.4 Å². The highest BCUT2D eigenvalue weighted by atomic mass is 16.6. The molecule has 0 bridgehead atoms. The summed E-state index contributed by atoms with van der Waals surface area (Å²) in [6, 6.07) is 7.30. The quantitative estimate of drug-likeness (QED) is 0.642. The van der Waals surface area contributed by atoms with Crippen LogP contribution in [0.15, 0.2) is 30.5 Å². The van der Waals surface area contributed by atoms with Crippen molar-refractivity contribution in [2.45, 2.75) is 20.4 Å². The minimum Gasteiger partial charge on any atom is -0.379 e. The number of aryl methyl sites for hydroxylation is 2. The topological polar surface area (TPSA) is 71.0 Å². The van der Waals surface area contributed by atoms with E-state index < -0.39 is 0 Å². The van der Waals surface area contributed by atoms with Gasteiger partial charge in [-0.25, -0.2) is 0 Å². The number of benzene rings is 1. The zero-order valence-corrected chi connectivity index (χ0v) is 10.4. The lowest BCUT2D eigenvalue weighted by Crippen LogP contribution is -2.03. The fraction of sp³-hybridized carbons (Fsp3) is 0.231. The summed E-state index contributed by atoms with van der Waals surface area (Å²) in [5.74, 6) is 0. The number of nitrogens with zero attached hydrogens (tertiary/aromatic N) is 1. The molecule has 0 fully saturated rings. The summed E-state index contributed by atoms with van der Waals surface area (Å²) in [6.45, 7) is 4.31. The van der Waals surface area contributed by atoms with Gasteiger partial charge in [0.05, 0.1) is 11.5 Å². The van der Waals surface area contributed by atoms with Gasteiger partial charge in [-0.15, -0.1) is 0 Å². The van der Waals surface area contributed by atoms with Gasteiger partial charge in [-0.2, -0.15) is 0 Å². The number of hydrogen-bond donors (Lipinski definition) is 2. The molecule has 0 radical (unpaired) electrons. The van der Waals surface area contributed by atoms with E-state index in [-0.39, 0.29) is 10.6 Å². The number of nitrogens with one attached hydrogen (secondary N) is 2. The van der Waals surface area contributed by atoms with E-state index in [1.54, 1.807) is 13.0 Å². The molecule has 1 aromatic heterocycles. The van der Waals surface area contributed by atoms with Crippen LogP contribution in [-0.4, -0.2) is 9.91 Å². The molecule has 18 heavy (non-hydrogen) atoms. The van der Waals surface area contributed by atoms with Crippen LogP contribution in [0.1, 0.15) is 16.8 Å². The van der Waals surface area contributed by atoms with Crippen LogP contribution in [0.3, 0.4) is 0 Å². The minimum absolute atomic E-state index is 0.148. The van der Waals surface area contributed by atoms with Crippen LogP contribution >= 0.6 is 0 Å². The average molecular weight is 245 g/mol. The first-order chi connectivity index (χ1) is 8.58. The van der Waals surface area contributed by atoms with Crippen LogP contribution in [0.2, 0.25) is 0 Å². The van der Waals surface area contributed by atoms with Crippen LogP contribution < -0.4 is 5.32 Å². The van der Waals surface area contributed by atoms with Crippen molar-refractivity contribution >= 4 is 11.4 Å². The lowest BCUT2D eigenvalue weighted by molar-refractivity contribution is -0.385. The molecule has 5 heteroatoms. The van der Waals surface area contributed by atoms with Gasteiger partial charge in [0.1, 0.15) is 0 Å². The van der Waals surface area contributed by atoms with E-state index in [9.17, 15) is 10.1 Å². The molecule has 2 aromatic rings.